The molecule has 0 unspecified atom stereocenters. The third-order valence-electron chi connectivity index (χ3n) is 4.52. The molecule has 1 N–H and O–H groups in total. The van der Waals surface area contributed by atoms with Gasteiger partial charge in [-0.25, -0.2) is 18.1 Å². The standard InChI is InChI=1S/C18H15F3N6O2S/c1-11-3-4-12-8-23-26(2)17(12)16(11)25-30(28,29)14-9-24-27(10-14)15-7-13(5-6-22-15)18(19,20)21/h3-10,25H,1-2H3. The fourth-order valence-corrected chi connectivity index (χ4v) is 4.05. The van der Waals surface area contributed by atoms with Gasteiger partial charge in [0.25, 0.3) is 10.0 Å². The minimum absolute atomic E-state index is 0.156. The molecule has 0 aliphatic heterocycles. The Labute approximate surface area is 169 Å². The number of rotatable bonds is 4. The number of hydrogen-bond donors (Lipinski definition) is 1. The molecule has 3 aromatic heterocycles. The van der Waals surface area contributed by atoms with Crippen molar-refractivity contribution in [3.05, 3.63) is 60.2 Å². The molecule has 0 amide bonds. The number of fused-ring (bicyclic) bond motifs is 1. The molecule has 30 heavy (non-hydrogen) atoms. The maximum Gasteiger partial charge on any atom is 0.416 e. The summed E-state index contributed by atoms with van der Waals surface area (Å²) < 4.78 is 69.6. The van der Waals surface area contributed by atoms with E-state index in [0.717, 1.165) is 40.8 Å². The highest BCUT2D eigenvalue weighted by atomic mass is 32.2. The van der Waals surface area contributed by atoms with Crippen LogP contribution < -0.4 is 4.72 Å². The van der Waals surface area contributed by atoms with Gasteiger partial charge in [-0.05, 0) is 24.6 Å². The van der Waals surface area contributed by atoms with E-state index >= 15 is 0 Å². The normalized spacial score (nSPS) is 12.4. The first-order valence-corrected chi connectivity index (χ1v) is 10.1. The van der Waals surface area contributed by atoms with E-state index in [1.165, 1.54) is 0 Å². The lowest BCUT2D eigenvalue weighted by Crippen LogP contribution is -2.14. The summed E-state index contributed by atoms with van der Waals surface area (Å²) in [5.74, 6) is -0.156. The highest BCUT2D eigenvalue weighted by Crippen LogP contribution is 2.31. The van der Waals surface area contributed by atoms with Crippen LogP contribution in [-0.4, -0.2) is 33.0 Å². The number of nitrogens with one attached hydrogen (secondary N) is 1. The predicted octanol–water partition coefficient (Wildman–Crippen LogP) is 3.28. The molecule has 0 saturated carbocycles. The summed E-state index contributed by atoms with van der Waals surface area (Å²) in [7, 11) is -2.38. The lowest BCUT2D eigenvalue weighted by atomic mass is 10.1. The van der Waals surface area contributed by atoms with Crippen molar-refractivity contribution in [2.24, 2.45) is 7.05 Å². The topological polar surface area (TPSA) is 94.7 Å². The molecule has 12 heteroatoms. The first-order valence-electron chi connectivity index (χ1n) is 8.59. The fraction of sp³-hybridized carbons (Fsp3) is 0.167. The van der Waals surface area contributed by atoms with E-state index in [9.17, 15) is 21.6 Å². The van der Waals surface area contributed by atoms with Gasteiger partial charge in [0.05, 0.1) is 35.4 Å². The van der Waals surface area contributed by atoms with Crippen LogP contribution in [0.1, 0.15) is 11.1 Å². The third kappa shape index (κ3) is 3.49. The Morgan fingerprint density at radius 1 is 1.10 bits per heavy atom. The molecular weight excluding hydrogens is 421 g/mol. The zero-order chi connectivity index (χ0) is 21.7. The molecular formula is C18H15F3N6O2S. The molecule has 156 valence electrons. The number of anilines is 1. The summed E-state index contributed by atoms with van der Waals surface area (Å²) in [6.45, 7) is 1.75. The van der Waals surface area contributed by atoms with E-state index < -0.39 is 21.8 Å². The average Bonchev–Trinajstić information content (AvgIpc) is 3.32. The Kier molecular flexibility index (Phi) is 4.53. The van der Waals surface area contributed by atoms with Gasteiger partial charge >= 0.3 is 6.18 Å². The van der Waals surface area contributed by atoms with Gasteiger partial charge in [0.15, 0.2) is 5.82 Å². The zero-order valence-electron chi connectivity index (χ0n) is 15.7. The zero-order valence-corrected chi connectivity index (χ0v) is 16.5. The van der Waals surface area contributed by atoms with Gasteiger partial charge in [0, 0.05) is 18.6 Å². The molecule has 3 heterocycles. The smallest absolute Gasteiger partial charge is 0.277 e. The summed E-state index contributed by atoms with van der Waals surface area (Å²) in [6, 6.07) is 5.20. The van der Waals surface area contributed by atoms with Crippen LogP contribution in [0.5, 0.6) is 0 Å². The van der Waals surface area contributed by atoms with Gasteiger partial charge in [-0.1, -0.05) is 12.1 Å². The van der Waals surface area contributed by atoms with E-state index in [1.54, 1.807) is 30.9 Å². The fourth-order valence-electron chi connectivity index (χ4n) is 2.98. The first-order chi connectivity index (χ1) is 14.1. The van der Waals surface area contributed by atoms with E-state index in [0.29, 0.717) is 16.8 Å². The van der Waals surface area contributed by atoms with E-state index in [4.69, 9.17) is 0 Å². The van der Waals surface area contributed by atoms with Crippen LogP contribution >= 0.6 is 0 Å². The largest absolute Gasteiger partial charge is 0.416 e. The van der Waals surface area contributed by atoms with Gasteiger partial charge in [-0.2, -0.15) is 23.4 Å². The minimum Gasteiger partial charge on any atom is -0.277 e. The van der Waals surface area contributed by atoms with Crippen LogP contribution in [-0.2, 0) is 23.2 Å². The number of pyridine rings is 1. The molecule has 0 saturated heterocycles. The maximum absolute atomic E-state index is 12.9. The molecule has 0 atom stereocenters. The molecule has 4 aromatic rings. The lowest BCUT2D eigenvalue weighted by Gasteiger charge is -2.11. The molecule has 0 aliphatic carbocycles. The van der Waals surface area contributed by atoms with Gasteiger partial charge in [0.2, 0.25) is 0 Å². The monoisotopic (exact) mass is 436 g/mol. The Hall–Kier alpha value is -3.41. The summed E-state index contributed by atoms with van der Waals surface area (Å²) in [5, 5.41) is 8.75. The predicted molar refractivity (Wildman–Crippen MR) is 103 cm³/mol. The highest BCUT2D eigenvalue weighted by Gasteiger charge is 2.31. The van der Waals surface area contributed by atoms with Crippen molar-refractivity contribution in [1.82, 2.24) is 24.5 Å². The van der Waals surface area contributed by atoms with Crippen molar-refractivity contribution in [2.45, 2.75) is 18.0 Å². The minimum atomic E-state index is -4.55. The number of aryl methyl sites for hydroxylation is 2. The Morgan fingerprint density at radius 2 is 1.87 bits per heavy atom. The van der Waals surface area contributed by atoms with Crippen LogP contribution in [0.4, 0.5) is 18.9 Å². The first kappa shape index (κ1) is 19.9. The van der Waals surface area contributed by atoms with E-state index in [1.807, 2.05) is 6.07 Å². The van der Waals surface area contributed by atoms with Crippen LogP contribution in [0.15, 0.2) is 53.9 Å². The Balaban J connectivity index is 1.71. The second-order valence-corrected chi connectivity index (χ2v) is 8.27. The van der Waals surface area contributed by atoms with Gasteiger partial charge in [-0.3, -0.25) is 9.40 Å². The number of halogens is 3. The quantitative estimate of drug-likeness (QED) is 0.530. The summed E-state index contributed by atoms with van der Waals surface area (Å²) >= 11 is 0. The summed E-state index contributed by atoms with van der Waals surface area (Å²) in [6.07, 6.45) is 0.190. The van der Waals surface area contributed by atoms with Crippen molar-refractivity contribution < 1.29 is 21.6 Å². The van der Waals surface area contributed by atoms with Crippen LogP contribution in [0, 0.1) is 6.92 Å². The van der Waals surface area contributed by atoms with Crippen LogP contribution in [0.25, 0.3) is 16.7 Å². The molecule has 0 fully saturated rings. The maximum atomic E-state index is 12.9. The third-order valence-corrected chi connectivity index (χ3v) is 5.83. The van der Waals surface area contributed by atoms with Crippen LogP contribution in [0.3, 0.4) is 0 Å². The molecule has 1 aromatic carbocycles. The van der Waals surface area contributed by atoms with Crippen LogP contribution in [0.2, 0.25) is 0 Å². The van der Waals surface area contributed by atoms with Crippen molar-refractivity contribution >= 4 is 26.6 Å². The number of alkyl halides is 3. The van der Waals surface area contributed by atoms with Gasteiger partial charge < -0.3 is 0 Å². The molecule has 0 spiro atoms. The number of aromatic nitrogens is 5. The second-order valence-electron chi connectivity index (χ2n) is 6.59. The number of benzene rings is 1. The highest BCUT2D eigenvalue weighted by molar-refractivity contribution is 7.92. The Morgan fingerprint density at radius 3 is 2.60 bits per heavy atom. The number of nitrogens with zero attached hydrogens (tertiary/aromatic N) is 5. The summed E-state index contributed by atoms with van der Waals surface area (Å²) in [5.41, 5.74) is 0.730. The molecule has 0 bridgehead atoms. The van der Waals surface area contributed by atoms with Gasteiger partial charge in [0.1, 0.15) is 4.90 Å². The number of sulfonamides is 1. The molecule has 8 nitrogen and oxygen atoms in total. The molecule has 0 aliphatic rings. The summed E-state index contributed by atoms with van der Waals surface area (Å²) in [4.78, 5) is 3.61. The molecule has 4 rings (SSSR count). The van der Waals surface area contributed by atoms with Crippen molar-refractivity contribution in [1.29, 1.82) is 0 Å². The van der Waals surface area contributed by atoms with Gasteiger partial charge in [-0.15, -0.1) is 0 Å². The SMILES string of the molecule is Cc1ccc2cnn(C)c2c1NS(=O)(=O)c1cnn(-c2cc(C(F)(F)F)ccn2)c1. The molecule has 0 radical (unpaired) electrons. The van der Waals surface area contributed by atoms with E-state index in [-0.39, 0.29) is 10.7 Å². The second kappa shape index (κ2) is 6.83. The Bertz CT molecular complexity index is 1360. The van der Waals surface area contributed by atoms with Crippen molar-refractivity contribution in [3.8, 4) is 5.82 Å². The average molecular weight is 436 g/mol. The van der Waals surface area contributed by atoms with Crippen molar-refractivity contribution in [2.75, 3.05) is 4.72 Å². The lowest BCUT2D eigenvalue weighted by molar-refractivity contribution is -0.137. The number of hydrogen-bond acceptors (Lipinski definition) is 5. The van der Waals surface area contributed by atoms with E-state index in [2.05, 4.69) is 19.9 Å². The van der Waals surface area contributed by atoms with Crippen molar-refractivity contribution in [3.63, 3.8) is 0 Å².